The maximum absolute atomic E-state index is 13.8. The molecule has 0 atom stereocenters. The summed E-state index contributed by atoms with van der Waals surface area (Å²) in [4.78, 5) is 18.5. The largest absolute Gasteiger partial charge is 0.358 e. The second-order valence-corrected chi connectivity index (χ2v) is 9.75. The summed E-state index contributed by atoms with van der Waals surface area (Å²) in [7, 11) is -3.66. The van der Waals surface area contributed by atoms with Gasteiger partial charge >= 0.3 is 0 Å². The van der Waals surface area contributed by atoms with Crippen molar-refractivity contribution < 1.29 is 17.6 Å². The Labute approximate surface area is 181 Å². The SMILES string of the molecule is CCN(CC)S(=O)(=O)c1ccc(C)c(C(=O)N2CCc3[nH]c4ccc(F)cc4c3C2)c1. The van der Waals surface area contributed by atoms with Crippen molar-refractivity contribution in [2.75, 3.05) is 19.6 Å². The smallest absolute Gasteiger partial charge is 0.254 e. The molecule has 31 heavy (non-hydrogen) atoms. The molecule has 8 heteroatoms. The molecule has 0 spiro atoms. The minimum Gasteiger partial charge on any atom is -0.358 e. The summed E-state index contributed by atoms with van der Waals surface area (Å²) >= 11 is 0. The average molecular weight is 444 g/mol. The monoisotopic (exact) mass is 443 g/mol. The third-order valence-corrected chi connectivity index (χ3v) is 8.05. The molecule has 1 N–H and O–H groups in total. The first kappa shape index (κ1) is 21.5. The molecule has 2 aromatic carbocycles. The molecule has 0 saturated carbocycles. The van der Waals surface area contributed by atoms with Crippen LogP contribution in [0.2, 0.25) is 0 Å². The zero-order valence-electron chi connectivity index (χ0n) is 17.9. The van der Waals surface area contributed by atoms with Gasteiger partial charge in [0.25, 0.3) is 5.91 Å². The molecule has 1 aromatic heterocycles. The Hall–Kier alpha value is -2.71. The number of aryl methyl sites for hydroxylation is 1. The van der Waals surface area contributed by atoms with Gasteiger partial charge in [-0.05, 0) is 42.8 Å². The Morgan fingerprint density at radius 3 is 2.61 bits per heavy atom. The van der Waals surface area contributed by atoms with Crippen LogP contribution >= 0.6 is 0 Å². The van der Waals surface area contributed by atoms with Crippen molar-refractivity contribution in [3.05, 3.63) is 64.6 Å². The molecule has 1 amide bonds. The van der Waals surface area contributed by atoms with Gasteiger partial charge in [-0.1, -0.05) is 19.9 Å². The molecule has 6 nitrogen and oxygen atoms in total. The highest BCUT2D eigenvalue weighted by molar-refractivity contribution is 7.89. The lowest BCUT2D eigenvalue weighted by molar-refractivity contribution is 0.0734. The second-order valence-electron chi connectivity index (χ2n) is 7.81. The number of carbonyl (C=O) groups excluding carboxylic acids is 1. The Morgan fingerprint density at radius 2 is 1.90 bits per heavy atom. The summed E-state index contributed by atoms with van der Waals surface area (Å²) in [6.45, 7) is 6.96. The van der Waals surface area contributed by atoms with Crippen LogP contribution in [-0.2, 0) is 23.0 Å². The van der Waals surface area contributed by atoms with Crippen molar-refractivity contribution >= 4 is 26.8 Å². The number of nitrogens with one attached hydrogen (secondary N) is 1. The van der Waals surface area contributed by atoms with Crippen LogP contribution in [-0.4, -0.2) is 48.1 Å². The van der Waals surface area contributed by atoms with E-state index < -0.39 is 10.0 Å². The third-order valence-electron chi connectivity index (χ3n) is 6.01. The van der Waals surface area contributed by atoms with E-state index in [-0.39, 0.29) is 16.6 Å². The fourth-order valence-electron chi connectivity index (χ4n) is 4.23. The van der Waals surface area contributed by atoms with E-state index in [9.17, 15) is 17.6 Å². The number of H-pyrrole nitrogens is 1. The highest BCUT2D eigenvalue weighted by atomic mass is 32.2. The molecule has 4 rings (SSSR count). The molecule has 164 valence electrons. The van der Waals surface area contributed by atoms with Gasteiger partial charge in [0.2, 0.25) is 10.0 Å². The lowest BCUT2D eigenvalue weighted by atomic mass is 10.0. The minimum atomic E-state index is -3.66. The van der Waals surface area contributed by atoms with Crippen LogP contribution in [0.25, 0.3) is 10.9 Å². The van der Waals surface area contributed by atoms with Gasteiger partial charge in [0.1, 0.15) is 5.82 Å². The highest BCUT2D eigenvalue weighted by Crippen LogP contribution is 2.30. The first-order valence-electron chi connectivity index (χ1n) is 10.4. The van der Waals surface area contributed by atoms with Gasteiger partial charge < -0.3 is 9.88 Å². The van der Waals surface area contributed by atoms with Gasteiger partial charge in [0.15, 0.2) is 0 Å². The van der Waals surface area contributed by atoms with Crippen LogP contribution in [0.15, 0.2) is 41.3 Å². The number of nitrogens with zero attached hydrogens (tertiary/aromatic N) is 2. The normalized spacial score (nSPS) is 14.3. The molecule has 0 fully saturated rings. The van der Waals surface area contributed by atoms with Crippen LogP contribution < -0.4 is 0 Å². The molecule has 3 aromatic rings. The minimum absolute atomic E-state index is 0.122. The van der Waals surface area contributed by atoms with Gasteiger partial charge in [0.05, 0.1) is 4.90 Å². The molecule has 2 heterocycles. The van der Waals surface area contributed by atoms with E-state index in [4.69, 9.17) is 0 Å². The van der Waals surface area contributed by atoms with Crippen molar-refractivity contribution in [2.45, 2.75) is 38.6 Å². The van der Waals surface area contributed by atoms with E-state index in [1.807, 2.05) is 0 Å². The lowest BCUT2D eigenvalue weighted by Gasteiger charge is -2.28. The van der Waals surface area contributed by atoms with Crippen molar-refractivity contribution in [1.82, 2.24) is 14.2 Å². The molecular weight excluding hydrogens is 417 g/mol. The molecule has 1 aliphatic rings. The number of aromatic nitrogens is 1. The van der Waals surface area contributed by atoms with Gasteiger partial charge in [0, 0.05) is 60.3 Å². The number of fused-ring (bicyclic) bond motifs is 3. The first-order valence-corrected chi connectivity index (χ1v) is 11.9. The topological polar surface area (TPSA) is 73.5 Å². The highest BCUT2D eigenvalue weighted by Gasteiger charge is 2.28. The van der Waals surface area contributed by atoms with E-state index in [2.05, 4.69) is 4.98 Å². The molecule has 1 aliphatic heterocycles. The first-order chi connectivity index (χ1) is 14.8. The third kappa shape index (κ3) is 3.74. The van der Waals surface area contributed by atoms with Crippen LogP contribution in [0.1, 0.15) is 41.0 Å². The van der Waals surface area contributed by atoms with Crippen LogP contribution in [0, 0.1) is 12.7 Å². The van der Waals surface area contributed by atoms with Crippen LogP contribution in [0.5, 0.6) is 0 Å². The summed E-state index contributed by atoms with van der Waals surface area (Å²) < 4.78 is 41.0. The Bertz CT molecular complexity index is 1260. The number of benzene rings is 2. The number of carbonyl (C=O) groups is 1. The number of halogens is 1. The van der Waals surface area contributed by atoms with E-state index in [0.29, 0.717) is 38.2 Å². The zero-order chi connectivity index (χ0) is 22.3. The fraction of sp³-hybridized carbons (Fsp3) is 0.348. The maximum atomic E-state index is 13.8. The number of hydrogen-bond acceptors (Lipinski definition) is 3. The summed E-state index contributed by atoms with van der Waals surface area (Å²) in [6.07, 6.45) is 0.633. The molecule has 0 unspecified atom stereocenters. The maximum Gasteiger partial charge on any atom is 0.254 e. The standard InChI is InChI=1S/C23H26FN3O3S/c1-4-27(5-2)31(29,30)17-8-6-15(3)18(13-17)23(28)26-11-10-22-20(14-26)19-12-16(24)7-9-21(19)25-22/h6-9,12-13,25H,4-5,10-11,14H2,1-3H3. The van der Waals surface area contributed by atoms with Crippen molar-refractivity contribution in [3.8, 4) is 0 Å². The van der Waals surface area contributed by atoms with E-state index in [1.165, 1.54) is 22.5 Å². The van der Waals surface area contributed by atoms with E-state index in [0.717, 1.165) is 27.7 Å². The number of sulfonamides is 1. The summed E-state index contributed by atoms with van der Waals surface area (Å²) in [5, 5.41) is 0.780. The van der Waals surface area contributed by atoms with Gasteiger partial charge in [-0.25, -0.2) is 12.8 Å². The van der Waals surface area contributed by atoms with E-state index in [1.54, 1.807) is 43.9 Å². The summed E-state index contributed by atoms with van der Waals surface area (Å²) in [6, 6.07) is 9.33. The predicted octanol–water partition coefficient (Wildman–Crippen LogP) is 3.84. The van der Waals surface area contributed by atoms with Gasteiger partial charge in [-0.2, -0.15) is 4.31 Å². The summed E-state index contributed by atoms with van der Waals surface area (Å²) in [5.41, 5.74) is 3.88. The molecule has 0 radical (unpaired) electrons. The average Bonchev–Trinajstić information content (AvgIpc) is 3.11. The van der Waals surface area contributed by atoms with Gasteiger partial charge in [-0.3, -0.25) is 4.79 Å². The second kappa shape index (κ2) is 8.09. The van der Waals surface area contributed by atoms with Crippen molar-refractivity contribution in [3.63, 3.8) is 0 Å². The zero-order valence-corrected chi connectivity index (χ0v) is 18.7. The molecule has 0 aliphatic carbocycles. The molecule has 0 bridgehead atoms. The van der Waals surface area contributed by atoms with Crippen LogP contribution in [0.3, 0.4) is 0 Å². The van der Waals surface area contributed by atoms with Crippen molar-refractivity contribution in [2.24, 2.45) is 0 Å². The van der Waals surface area contributed by atoms with Crippen LogP contribution in [0.4, 0.5) is 4.39 Å². The number of aromatic amines is 1. The van der Waals surface area contributed by atoms with E-state index >= 15 is 0 Å². The lowest BCUT2D eigenvalue weighted by Crippen LogP contribution is -2.36. The number of rotatable bonds is 5. The predicted molar refractivity (Wildman–Crippen MR) is 118 cm³/mol. The number of hydrogen-bond donors (Lipinski definition) is 1. The Kier molecular flexibility index (Phi) is 5.61. The Morgan fingerprint density at radius 1 is 1.16 bits per heavy atom. The van der Waals surface area contributed by atoms with Gasteiger partial charge in [-0.15, -0.1) is 0 Å². The molecule has 0 saturated heterocycles. The fourth-order valence-corrected chi connectivity index (χ4v) is 5.72. The number of amides is 1. The van der Waals surface area contributed by atoms with Crippen molar-refractivity contribution in [1.29, 1.82) is 0 Å². The summed E-state index contributed by atoms with van der Waals surface area (Å²) in [5.74, 6) is -0.534. The molecular formula is C23H26FN3O3S. The Balaban J connectivity index is 1.68. The quantitative estimate of drug-likeness (QED) is 0.651.